The van der Waals surface area contributed by atoms with E-state index in [2.05, 4.69) is 25.7 Å². The van der Waals surface area contributed by atoms with Crippen LogP contribution >= 0.6 is 11.6 Å². The highest BCUT2D eigenvalue weighted by molar-refractivity contribution is 6.33. The molecule has 0 saturated heterocycles. The average Bonchev–Trinajstić information content (AvgIpc) is 3.27. The maximum absolute atomic E-state index is 12.3. The second-order valence-electron chi connectivity index (χ2n) is 6.06. The summed E-state index contributed by atoms with van der Waals surface area (Å²) in [6.07, 6.45) is 1.64. The number of halogens is 1. The lowest BCUT2D eigenvalue weighted by Gasteiger charge is -1.98. The SMILES string of the molecule is Cc1[nH]c2ccccc2c1/C=N/NC(=O)c1cc(-c2ccccc2Cl)n[nH]1. The quantitative estimate of drug-likeness (QED) is 0.366. The first-order valence-electron chi connectivity index (χ1n) is 8.34. The van der Waals surface area contributed by atoms with E-state index in [0.717, 1.165) is 27.7 Å². The number of para-hydroxylation sites is 1. The molecule has 0 fully saturated rings. The van der Waals surface area contributed by atoms with Gasteiger partial charge >= 0.3 is 0 Å². The third kappa shape index (κ3) is 3.35. The third-order valence-electron chi connectivity index (χ3n) is 4.28. The summed E-state index contributed by atoms with van der Waals surface area (Å²) in [5.41, 5.74) is 7.13. The van der Waals surface area contributed by atoms with Crippen LogP contribution in [0.4, 0.5) is 0 Å². The van der Waals surface area contributed by atoms with Crippen molar-refractivity contribution >= 4 is 34.6 Å². The largest absolute Gasteiger partial charge is 0.358 e. The van der Waals surface area contributed by atoms with Gasteiger partial charge in [0.2, 0.25) is 0 Å². The number of amides is 1. The Morgan fingerprint density at radius 1 is 1.19 bits per heavy atom. The summed E-state index contributed by atoms with van der Waals surface area (Å²) in [6, 6.07) is 16.9. The monoisotopic (exact) mass is 377 g/mol. The van der Waals surface area contributed by atoms with Gasteiger partial charge in [-0.15, -0.1) is 0 Å². The molecule has 4 aromatic rings. The van der Waals surface area contributed by atoms with Crippen molar-refractivity contribution in [1.29, 1.82) is 0 Å². The van der Waals surface area contributed by atoms with E-state index in [9.17, 15) is 4.79 Å². The topological polar surface area (TPSA) is 85.9 Å². The van der Waals surface area contributed by atoms with E-state index in [1.807, 2.05) is 49.4 Å². The molecule has 3 N–H and O–H groups in total. The Bertz CT molecular complexity index is 1160. The van der Waals surface area contributed by atoms with E-state index >= 15 is 0 Å². The number of nitrogens with one attached hydrogen (secondary N) is 3. The summed E-state index contributed by atoms with van der Waals surface area (Å²) in [4.78, 5) is 15.6. The molecule has 2 heterocycles. The fraction of sp³-hybridized carbons (Fsp3) is 0.0500. The van der Waals surface area contributed by atoms with Gasteiger partial charge in [0.05, 0.1) is 16.9 Å². The standard InChI is InChI=1S/C20H16ClN5O/c1-12-15(13-6-3-5-9-17(13)23-12)11-22-26-20(27)19-10-18(24-25-19)14-7-2-4-8-16(14)21/h2-11,23H,1H3,(H,24,25)(H,26,27)/b22-11+. The van der Waals surface area contributed by atoms with Crippen molar-refractivity contribution in [3.05, 3.63) is 76.6 Å². The molecule has 0 saturated carbocycles. The van der Waals surface area contributed by atoms with Crippen molar-refractivity contribution in [1.82, 2.24) is 20.6 Å². The first kappa shape index (κ1) is 17.1. The van der Waals surface area contributed by atoms with Crippen LogP contribution in [0.3, 0.4) is 0 Å². The number of aromatic nitrogens is 3. The maximum atomic E-state index is 12.3. The molecule has 6 nitrogen and oxygen atoms in total. The van der Waals surface area contributed by atoms with Gasteiger partial charge in [-0.25, -0.2) is 5.43 Å². The van der Waals surface area contributed by atoms with Crippen molar-refractivity contribution < 1.29 is 4.79 Å². The number of benzene rings is 2. The maximum Gasteiger partial charge on any atom is 0.289 e. The van der Waals surface area contributed by atoms with Crippen LogP contribution in [0.5, 0.6) is 0 Å². The number of aromatic amines is 2. The van der Waals surface area contributed by atoms with E-state index in [1.165, 1.54) is 0 Å². The summed E-state index contributed by atoms with van der Waals surface area (Å²) in [6.45, 7) is 1.97. The number of carbonyl (C=O) groups is 1. The number of rotatable bonds is 4. The predicted molar refractivity (Wildman–Crippen MR) is 107 cm³/mol. The molecule has 0 aliphatic rings. The molecule has 0 radical (unpaired) electrons. The van der Waals surface area contributed by atoms with Crippen molar-refractivity contribution in [3.8, 4) is 11.3 Å². The number of H-pyrrole nitrogens is 2. The van der Waals surface area contributed by atoms with E-state index in [4.69, 9.17) is 11.6 Å². The van der Waals surface area contributed by atoms with Gasteiger partial charge in [-0.2, -0.15) is 10.2 Å². The minimum Gasteiger partial charge on any atom is -0.358 e. The highest BCUT2D eigenvalue weighted by Gasteiger charge is 2.12. The molecule has 2 aromatic heterocycles. The Balaban J connectivity index is 1.51. The molecule has 2 aromatic carbocycles. The molecule has 0 spiro atoms. The van der Waals surface area contributed by atoms with Gasteiger partial charge in [0.1, 0.15) is 5.69 Å². The zero-order valence-corrected chi connectivity index (χ0v) is 15.2. The lowest BCUT2D eigenvalue weighted by molar-refractivity contribution is 0.0950. The minimum absolute atomic E-state index is 0.303. The molecule has 0 aliphatic carbocycles. The lowest BCUT2D eigenvalue weighted by atomic mass is 10.1. The van der Waals surface area contributed by atoms with Gasteiger partial charge in [0.15, 0.2) is 0 Å². The molecular formula is C20H16ClN5O. The van der Waals surface area contributed by atoms with Crippen molar-refractivity contribution in [3.63, 3.8) is 0 Å². The van der Waals surface area contributed by atoms with Gasteiger partial charge < -0.3 is 4.98 Å². The van der Waals surface area contributed by atoms with Gasteiger partial charge in [-0.3, -0.25) is 9.89 Å². The zero-order valence-electron chi connectivity index (χ0n) is 14.5. The summed E-state index contributed by atoms with van der Waals surface area (Å²) >= 11 is 6.17. The van der Waals surface area contributed by atoms with Crippen LogP contribution in [0.15, 0.2) is 59.7 Å². The number of hydrogen-bond donors (Lipinski definition) is 3. The van der Waals surface area contributed by atoms with Gasteiger partial charge in [-0.05, 0) is 25.1 Å². The number of hydrogen-bond acceptors (Lipinski definition) is 3. The average molecular weight is 378 g/mol. The Hall–Kier alpha value is -3.38. The van der Waals surface area contributed by atoms with E-state index < -0.39 is 0 Å². The van der Waals surface area contributed by atoms with Crippen LogP contribution in [-0.4, -0.2) is 27.3 Å². The summed E-state index contributed by atoms with van der Waals surface area (Å²) in [7, 11) is 0. The van der Waals surface area contributed by atoms with Crippen LogP contribution < -0.4 is 5.43 Å². The number of hydrazone groups is 1. The summed E-state index contributed by atoms with van der Waals surface area (Å²) < 4.78 is 0. The smallest absolute Gasteiger partial charge is 0.289 e. The van der Waals surface area contributed by atoms with Crippen LogP contribution in [0.1, 0.15) is 21.7 Å². The molecule has 7 heteroatoms. The minimum atomic E-state index is -0.380. The first-order chi connectivity index (χ1) is 13.1. The first-order valence-corrected chi connectivity index (χ1v) is 8.72. The normalized spacial score (nSPS) is 11.3. The summed E-state index contributed by atoms with van der Waals surface area (Å²) in [5.74, 6) is -0.380. The molecular weight excluding hydrogens is 362 g/mol. The van der Waals surface area contributed by atoms with Crippen LogP contribution in [-0.2, 0) is 0 Å². The predicted octanol–water partition coefficient (Wildman–Crippen LogP) is 4.28. The molecule has 134 valence electrons. The Kier molecular flexibility index (Phi) is 4.48. The van der Waals surface area contributed by atoms with Crippen molar-refractivity contribution in [2.24, 2.45) is 5.10 Å². The van der Waals surface area contributed by atoms with E-state index in [1.54, 1.807) is 18.3 Å². The molecule has 27 heavy (non-hydrogen) atoms. The fourth-order valence-electron chi connectivity index (χ4n) is 2.93. The highest BCUT2D eigenvalue weighted by atomic mass is 35.5. The number of fused-ring (bicyclic) bond motifs is 1. The van der Waals surface area contributed by atoms with Crippen LogP contribution in [0.25, 0.3) is 22.2 Å². The Morgan fingerprint density at radius 2 is 1.96 bits per heavy atom. The zero-order chi connectivity index (χ0) is 18.8. The van der Waals surface area contributed by atoms with E-state index in [0.29, 0.717) is 16.4 Å². The molecule has 0 atom stereocenters. The Labute approximate surface area is 160 Å². The van der Waals surface area contributed by atoms with Gasteiger partial charge in [0.25, 0.3) is 5.91 Å². The van der Waals surface area contributed by atoms with Crippen LogP contribution in [0, 0.1) is 6.92 Å². The van der Waals surface area contributed by atoms with E-state index in [-0.39, 0.29) is 5.91 Å². The lowest BCUT2D eigenvalue weighted by Crippen LogP contribution is -2.18. The second-order valence-corrected chi connectivity index (χ2v) is 6.46. The summed E-state index contributed by atoms with van der Waals surface area (Å²) in [5, 5.41) is 12.6. The molecule has 1 amide bonds. The molecule has 0 unspecified atom stereocenters. The number of carbonyl (C=O) groups excluding carboxylic acids is 1. The number of aryl methyl sites for hydroxylation is 1. The van der Waals surface area contributed by atoms with Crippen LogP contribution in [0.2, 0.25) is 5.02 Å². The van der Waals surface area contributed by atoms with Crippen molar-refractivity contribution in [2.75, 3.05) is 0 Å². The molecule has 0 aliphatic heterocycles. The van der Waals surface area contributed by atoms with Crippen molar-refractivity contribution in [2.45, 2.75) is 6.92 Å². The number of nitrogens with zero attached hydrogens (tertiary/aromatic N) is 2. The second kappa shape index (κ2) is 7.09. The fourth-order valence-corrected chi connectivity index (χ4v) is 3.16. The molecule has 0 bridgehead atoms. The molecule has 4 rings (SSSR count). The van der Waals surface area contributed by atoms with Gasteiger partial charge in [0, 0.05) is 27.7 Å². The highest BCUT2D eigenvalue weighted by Crippen LogP contribution is 2.26. The van der Waals surface area contributed by atoms with Gasteiger partial charge in [-0.1, -0.05) is 48.0 Å². The third-order valence-corrected chi connectivity index (χ3v) is 4.61. The Morgan fingerprint density at radius 3 is 2.81 bits per heavy atom.